The number of carbonyl (C=O) groups excluding carboxylic acids is 2. The van der Waals surface area contributed by atoms with E-state index >= 15 is 0 Å². The van der Waals surface area contributed by atoms with E-state index in [1.54, 1.807) is 11.8 Å². The summed E-state index contributed by atoms with van der Waals surface area (Å²) in [6, 6.07) is 15.9. The van der Waals surface area contributed by atoms with E-state index in [-0.39, 0.29) is 11.8 Å². The van der Waals surface area contributed by atoms with Crippen LogP contribution in [0.3, 0.4) is 0 Å². The number of rotatable bonds is 7. The molecule has 1 N–H and O–H groups in total. The second kappa shape index (κ2) is 9.02. The Morgan fingerprint density at radius 3 is 2.36 bits per heavy atom. The molecule has 0 fully saturated rings. The molecule has 0 aliphatic carbocycles. The zero-order chi connectivity index (χ0) is 18.2. The molecular weight excluding hydrogens is 312 g/mol. The largest absolute Gasteiger partial charge is 0.354 e. The monoisotopic (exact) mass is 338 g/mol. The van der Waals surface area contributed by atoms with Crippen LogP contribution in [0.5, 0.6) is 0 Å². The van der Waals surface area contributed by atoms with Crippen molar-refractivity contribution in [2.45, 2.75) is 33.6 Å². The molecule has 0 heterocycles. The zero-order valence-corrected chi connectivity index (χ0v) is 15.2. The number of nitrogens with one attached hydrogen (secondary N) is 1. The number of nitrogens with zero attached hydrogens (tertiary/aromatic N) is 1. The third kappa shape index (κ3) is 5.75. The van der Waals surface area contributed by atoms with Crippen molar-refractivity contribution < 1.29 is 9.59 Å². The van der Waals surface area contributed by atoms with Gasteiger partial charge in [-0.15, -0.1) is 0 Å². The number of benzene rings is 2. The molecule has 4 nitrogen and oxygen atoms in total. The molecule has 0 bridgehead atoms. The van der Waals surface area contributed by atoms with Crippen LogP contribution in [0.1, 0.15) is 30.5 Å². The molecule has 0 spiro atoms. The van der Waals surface area contributed by atoms with E-state index in [1.807, 2.05) is 55.5 Å². The van der Waals surface area contributed by atoms with Crippen molar-refractivity contribution in [3.63, 3.8) is 0 Å². The molecule has 2 amide bonds. The molecule has 0 aromatic heterocycles. The molecule has 0 atom stereocenters. The Hall–Kier alpha value is -2.62. The lowest BCUT2D eigenvalue weighted by Gasteiger charge is -2.21. The third-order valence-corrected chi connectivity index (χ3v) is 4.14. The van der Waals surface area contributed by atoms with Gasteiger partial charge in [0.15, 0.2) is 0 Å². The Morgan fingerprint density at radius 1 is 1.04 bits per heavy atom. The molecule has 2 rings (SSSR count). The number of hydrogen-bond donors (Lipinski definition) is 1. The summed E-state index contributed by atoms with van der Waals surface area (Å²) < 4.78 is 0. The minimum absolute atomic E-state index is 0.0304. The molecule has 25 heavy (non-hydrogen) atoms. The van der Waals surface area contributed by atoms with Crippen molar-refractivity contribution in [3.05, 3.63) is 65.2 Å². The molecule has 0 aliphatic heterocycles. The van der Waals surface area contributed by atoms with E-state index in [4.69, 9.17) is 0 Å². The van der Waals surface area contributed by atoms with Crippen LogP contribution in [0.25, 0.3) is 0 Å². The average molecular weight is 338 g/mol. The Labute approximate surface area is 149 Å². The van der Waals surface area contributed by atoms with Crippen LogP contribution in [0.4, 0.5) is 5.69 Å². The number of amides is 2. The molecule has 0 saturated heterocycles. The fraction of sp³-hybridized carbons (Fsp3) is 0.333. The van der Waals surface area contributed by atoms with Crippen LogP contribution in [-0.2, 0) is 22.4 Å². The van der Waals surface area contributed by atoms with Crippen molar-refractivity contribution in [1.82, 2.24) is 5.32 Å². The van der Waals surface area contributed by atoms with Gasteiger partial charge in [0.05, 0.1) is 6.42 Å². The highest BCUT2D eigenvalue weighted by molar-refractivity contribution is 5.91. The summed E-state index contributed by atoms with van der Waals surface area (Å²) in [4.78, 5) is 25.7. The van der Waals surface area contributed by atoms with Gasteiger partial charge in [-0.1, -0.05) is 48.9 Å². The normalized spacial score (nSPS) is 10.4. The first-order chi connectivity index (χ1) is 12.0. The van der Waals surface area contributed by atoms with Crippen LogP contribution in [0, 0.1) is 6.92 Å². The van der Waals surface area contributed by atoms with Gasteiger partial charge in [0.2, 0.25) is 11.8 Å². The molecule has 2 aromatic rings. The van der Waals surface area contributed by atoms with Gasteiger partial charge < -0.3 is 10.2 Å². The zero-order valence-electron chi connectivity index (χ0n) is 15.2. The first-order valence-corrected chi connectivity index (χ1v) is 8.69. The van der Waals surface area contributed by atoms with E-state index in [2.05, 4.69) is 12.2 Å². The van der Waals surface area contributed by atoms with Gasteiger partial charge in [-0.3, -0.25) is 9.59 Å². The van der Waals surface area contributed by atoms with Crippen molar-refractivity contribution in [2.75, 3.05) is 18.0 Å². The highest BCUT2D eigenvalue weighted by atomic mass is 16.2. The lowest BCUT2D eigenvalue weighted by atomic mass is 10.1. The predicted molar refractivity (Wildman–Crippen MR) is 102 cm³/mol. The summed E-state index contributed by atoms with van der Waals surface area (Å²) in [5, 5.41) is 2.90. The van der Waals surface area contributed by atoms with E-state index < -0.39 is 0 Å². The van der Waals surface area contributed by atoms with Crippen LogP contribution in [0.15, 0.2) is 48.5 Å². The van der Waals surface area contributed by atoms with Gasteiger partial charge in [-0.25, -0.2) is 0 Å². The van der Waals surface area contributed by atoms with Crippen LogP contribution in [0.2, 0.25) is 0 Å². The minimum atomic E-state index is -0.0320. The molecule has 0 aliphatic rings. The van der Waals surface area contributed by atoms with Crippen LogP contribution < -0.4 is 10.2 Å². The highest BCUT2D eigenvalue weighted by Crippen LogP contribution is 2.15. The van der Waals surface area contributed by atoms with Crippen molar-refractivity contribution >= 4 is 17.5 Å². The second-order valence-corrected chi connectivity index (χ2v) is 6.21. The summed E-state index contributed by atoms with van der Waals surface area (Å²) >= 11 is 0. The maximum atomic E-state index is 12.1. The summed E-state index contributed by atoms with van der Waals surface area (Å²) in [5.74, 6) is -0.0624. The average Bonchev–Trinajstić information content (AvgIpc) is 2.58. The number of carbonyl (C=O) groups is 2. The number of aryl methyl sites for hydroxylation is 2. The topological polar surface area (TPSA) is 49.4 Å². The molecule has 0 radical (unpaired) electrons. The van der Waals surface area contributed by atoms with Gasteiger partial charge in [0.1, 0.15) is 0 Å². The highest BCUT2D eigenvalue weighted by Gasteiger charge is 2.12. The quantitative estimate of drug-likeness (QED) is 0.842. The van der Waals surface area contributed by atoms with E-state index in [0.29, 0.717) is 19.5 Å². The Morgan fingerprint density at radius 2 is 1.76 bits per heavy atom. The molecule has 4 heteroatoms. The van der Waals surface area contributed by atoms with E-state index in [9.17, 15) is 9.59 Å². The predicted octanol–water partition coefficient (Wildman–Crippen LogP) is 3.27. The summed E-state index contributed by atoms with van der Waals surface area (Å²) in [6.45, 7) is 6.54. The van der Waals surface area contributed by atoms with E-state index in [1.165, 1.54) is 5.56 Å². The fourth-order valence-corrected chi connectivity index (χ4v) is 2.76. The summed E-state index contributed by atoms with van der Waals surface area (Å²) in [5.41, 5.74) is 4.23. The van der Waals surface area contributed by atoms with Crippen molar-refractivity contribution in [1.29, 1.82) is 0 Å². The summed E-state index contributed by atoms with van der Waals surface area (Å²) in [7, 11) is 0. The molecule has 132 valence electrons. The van der Waals surface area contributed by atoms with E-state index in [0.717, 1.165) is 23.2 Å². The van der Waals surface area contributed by atoms with Crippen molar-refractivity contribution in [3.8, 4) is 0 Å². The lowest BCUT2D eigenvalue weighted by molar-refractivity contribution is -0.121. The standard InChI is InChI=1S/C21H26N2O2/c1-4-18-8-10-20(11-9-18)23(17(3)24)13-12-22-21(25)15-19-7-5-6-16(2)14-19/h5-11,14H,4,12-13,15H2,1-3H3,(H,22,25). The van der Waals surface area contributed by atoms with Crippen LogP contribution in [-0.4, -0.2) is 24.9 Å². The van der Waals surface area contributed by atoms with Gasteiger partial charge >= 0.3 is 0 Å². The first-order valence-electron chi connectivity index (χ1n) is 8.69. The second-order valence-electron chi connectivity index (χ2n) is 6.21. The minimum Gasteiger partial charge on any atom is -0.354 e. The lowest BCUT2D eigenvalue weighted by Crippen LogP contribution is -2.38. The first kappa shape index (κ1) is 18.7. The smallest absolute Gasteiger partial charge is 0.224 e. The SMILES string of the molecule is CCc1ccc(N(CCNC(=O)Cc2cccc(C)c2)C(C)=O)cc1. The Kier molecular flexibility index (Phi) is 6.75. The third-order valence-electron chi connectivity index (χ3n) is 4.14. The number of hydrogen-bond acceptors (Lipinski definition) is 2. The van der Waals surface area contributed by atoms with Gasteiger partial charge in [0, 0.05) is 25.7 Å². The fourth-order valence-electron chi connectivity index (χ4n) is 2.76. The van der Waals surface area contributed by atoms with Gasteiger partial charge in [0.25, 0.3) is 0 Å². The number of anilines is 1. The molecular formula is C21H26N2O2. The molecule has 0 saturated carbocycles. The molecule has 2 aromatic carbocycles. The maximum absolute atomic E-state index is 12.1. The van der Waals surface area contributed by atoms with Gasteiger partial charge in [-0.05, 0) is 36.6 Å². The van der Waals surface area contributed by atoms with Crippen molar-refractivity contribution in [2.24, 2.45) is 0 Å². The van der Waals surface area contributed by atoms with Crippen LogP contribution >= 0.6 is 0 Å². The summed E-state index contributed by atoms with van der Waals surface area (Å²) in [6.07, 6.45) is 1.32. The molecule has 0 unspecified atom stereocenters. The Bertz CT molecular complexity index is 723. The van der Waals surface area contributed by atoms with Gasteiger partial charge in [-0.2, -0.15) is 0 Å². The maximum Gasteiger partial charge on any atom is 0.224 e. The Balaban J connectivity index is 1.88.